The molecule has 0 heterocycles. The Labute approximate surface area is 115 Å². The van der Waals surface area contributed by atoms with Gasteiger partial charge in [-0.3, -0.25) is 0 Å². The molecule has 0 N–H and O–H groups in total. The zero-order valence-electron chi connectivity index (χ0n) is 10.1. The molecule has 0 aliphatic rings. The van der Waals surface area contributed by atoms with Gasteiger partial charge in [0.2, 0.25) is 10.0 Å². The average molecular weight is 316 g/mol. The first kappa shape index (κ1) is 16.3. The summed E-state index contributed by atoms with van der Waals surface area (Å²) in [6.45, 7) is -1.49. The number of benzene rings is 1. The lowest BCUT2D eigenvalue weighted by Gasteiger charge is -2.18. The molecule has 0 saturated heterocycles. The lowest BCUT2D eigenvalue weighted by molar-refractivity contribution is -0.134. The smallest absolute Gasteiger partial charge is 0.212 e. The minimum Gasteiger partial charge on any atom is -0.212 e. The molecule has 0 aliphatic carbocycles. The third-order valence-electron chi connectivity index (χ3n) is 2.40. The quantitative estimate of drug-likeness (QED) is 0.784. The van der Waals surface area contributed by atoms with Crippen LogP contribution in [0.3, 0.4) is 0 Å². The molecule has 0 radical (unpaired) electrons. The molecular formula is C11H13ClF3NO2S. The highest BCUT2D eigenvalue weighted by Gasteiger charge is 2.34. The van der Waals surface area contributed by atoms with E-state index in [1.54, 1.807) is 12.1 Å². The van der Waals surface area contributed by atoms with Crippen LogP contribution in [0, 0.1) is 0 Å². The second kappa shape index (κ2) is 6.11. The van der Waals surface area contributed by atoms with Gasteiger partial charge in [0.15, 0.2) is 0 Å². The van der Waals surface area contributed by atoms with E-state index in [9.17, 15) is 21.6 Å². The molecule has 0 fully saturated rings. The Morgan fingerprint density at radius 2 is 1.63 bits per heavy atom. The number of hydrogen-bond acceptors (Lipinski definition) is 2. The van der Waals surface area contributed by atoms with Crippen LogP contribution in [-0.2, 0) is 21.7 Å². The van der Waals surface area contributed by atoms with Crippen molar-refractivity contribution in [2.45, 2.75) is 17.8 Å². The molecule has 0 atom stereocenters. The van der Waals surface area contributed by atoms with Gasteiger partial charge < -0.3 is 0 Å². The molecule has 0 unspecified atom stereocenters. The van der Waals surface area contributed by atoms with Gasteiger partial charge in [-0.2, -0.15) is 17.5 Å². The highest BCUT2D eigenvalue weighted by molar-refractivity contribution is 7.88. The van der Waals surface area contributed by atoms with E-state index in [0.717, 1.165) is 12.6 Å². The summed E-state index contributed by atoms with van der Waals surface area (Å²) in [6.07, 6.45) is -4.55. The van der Waals surface area contributed by atoms with Gasteiger partial charge >= 0.3 is 6.18 Å². The van der Waals surface area contributed by atoms with Gasteiger partial charge in [0.1, 0.15) is 6.54 Å². The minimum atomic E-state index is -4.55. The summed E-state index contributed by atoms with van der Waals surface area (Å²) in [7, 11) is -3.07. The maximum Gasteiger partial charge on any atom is 0.402 e. The van der Waals surface area contributed by atoms with Crippen LogP contribution in [0.5, 0.6) is 0 Å². The maximum atomic E-state index is 12.2. The summed E-state index contributed by atoms with van der Waals surface area (Å²) in [4.78, 5) is 0. The van der Waals surface area contributed by atoms with Crippen LogP contribution < -0.4 is 0 Å². The molecule has 1 rings (SSSR count). The van der Waals surface area contributed by atoms with E-state index in [1.807, 2.05) is 0 Å². The summed E-state index contributed by atoms with van der Waals surface area (Å²) >= 11 is 5.58. The highest BCUT2D eigenvalue weighted by Crippen LogP contribution is 2.19. The van der Waals surface area contributed by atoms with Gasteiger partial charge in [0.05, 0.1) is 5.75 Å². The molecule has 0 aliphatic heterocycles. The monoisotopic (exact) mass is 315 g/mol. The third kappa shape index (κ3) is 5.38. The summed E-state index contributed by atoms with van der Waals surface area (Å²) in [5.74, 6) is -0.177. The fourth-order valence-electron chi connectivity index (χ4n) is 1.40. The molecule has 0 spiro atoms. The molecule has 0 bridgehead atoms. The highest BCUT2D eigenvalue weighted by atomic mass is 35.5. The van der Waals surface area contributed by atoms with Crippen LogP contribution >= 0.6 is 11.6 Å². The van der Waals surface area contributed by atoms with E-state index in [4.69, 9.17) is 11.6 Å². The van der Waals surface area contributed by atoms with Crippen molar-refractivity contribution in [1.29, 1.82) is 0 Å². The zero-order valence-corrected chi connectivity index (χ0v) is 11.7. The summed E-state index contributed by atoms with van der Waals surface area (Å²) < 4.78 is 60.2. The normalized spacial score (nSPS) is 12.9. The Hall–Kier alpha value is -0.790. The van der Waals surface area contributed by atoms with Crippen molar-refractivity contribution in [3.8, 4) is 0 Å². The molecule has 0 amide bonds. The van der Waals surface area contributed by atoms with E-state index in [2.05, 4.69) is 0 Å². The second-order valence-corrected chi connectivity index (χ2v) is 6.42. The zero-order chi connectivity index (χ0) is 14.7. The Balaban J connectivity index is 2.78. The van der Waals surface area contributed by atoms with E-state index in [-0.39, 0.29) is 0 Å². The number of halogens is 4. The molecule has 19 heavy (non-hydrogen) atoms. The predicted octanol–water partition coefficient (Wildman–Crippen LogP) is 2.75. The van der Waals surface area contributed by atoms with Crippen molar-refractivity contribution in [3.63, 3.8) is 0 Å². The van der Waals surface area contributed by atoms with Crippen molar-refractivity contribution in [3.05, 3.63) is 35.4 Å². The molecular weight excluding hydrogens is 303 g/mol. The van der Waals surface area contributed by atoms with Crippen molar-refractivity contribution >= 4 is 21.6 Å². The molecule has 0 saturated carbocycles. The van der Waals surface area contributed by atoms with Gasteiger partial charge in [0, 0.05) is 12.9 Å². The van der Waals surface area contributed by atoms with E-state index in [1.165, 1.54) is 12.1 Å². The standard InChI is InChI=1S/C11H13ClF3NO2S/c1-16(8-11(13,14)15)19(17,18)7-10-4-2-9(6-12)3-5-10/h2-5H,6-8H2,1H3. The van der Waals surface area contributed by atoms with Gasteiger partial charge in [-0.15, -0.1) is 11.6 Å². The Morgan fingerprint density at radius 3 is 2.05 bits per heavy atom. The van der Waals surface area contributed by atoms with E-state index in [0.29, 0.717) is 15.7 Å². The first-order valence-electron chi connectivity index (χ1n) is 5.28. The van der Waals surface area contributed by atoms with Gasteiger partial charge in [-0.1, -0.05) is 24.3 Å². The van der Waals surface area contributed by atoms with E-state index >= 15 is 0 Å². The molecule has 3 nitrogen and oxygen atoms in total. The summed E-state index contributed by atoms with van der Waals surface area (Å²) in [5, 5.41) is 0. The number of sulfonamides is 1. The first-order chi connectivity index (χ1) is 8.64. The Bertz CT molecular complexity index is 514. The van der Waals surface area contributed by atoms with Crippen LogP contribution in [0.15, 0.2) is 24.3 Å². The van der Waals surface area contributed by atoms with Crippen molar-refractivity contribution < 1.29 is 21.6 Å². The SMILES string of the molecule is CN(CC(F)(F)F)S(=O)(=O)Cc1ccc(CCl)cc1. The topological polar surface area (TPSA) is 37.4 Å². The van der Waals surface area contributed by atoms with Crippen LogP contribution in [0.2, 0.25) is 0 Å². The van der Waals surface area contributed by atoms with E-state index < -0.39 is 28.5 Å². The fraction of sp³-hybridized carbons (Fsp3) is 0.455. The summed E-state index contributed by atoms with van der Waals surface area (Å²) in [6, 6.07) is 6.36. The maximum absolute atomic E-state index is 12.2. The van der Waals surface area contributed by atoms with Crippen molar-refractivity contribution in [2.75, 3.05) is 13.6 Å². The molecule has 1 aromatic rings. The van der Waals surface area contributed by atoms with Crippen LogP contribution in [-0.4, -0.2) is 32.5 Å². The predicted molar refractivity (Wildman–Crippen MR) is 67.3 cm³/mol. The van der Waals surface area contributed by atoms with Gasteiger partial charge in [0.25, 0.3) is 0 Å². The fourth-order valence-corrected chi connectivity index (χ4v) is 2.75. The second-order valence-electron chi connectivity index (χ2n) is 4.08. The molecule has 0 aromatic heterocycles. The number of hydrogen-bond donors (Lipinski definition) is 0. The summed E-state index contributed by atoms with van der Waals surface area (Å²) in [5.41, 5.74) is 1.23. The third-order valence-corrected chi connectivity index (χ3v) is 4.49. The largest absolute Gasteiger partial charge is 0.402 e. The van der Waals surface area contributed by atoms with Gasteiger partial charge in [-0.05, 0) is 11.1 Å². The number of alkyl halides is 4. The minimum absolute atomic E-state index is 0.293. The van der Waals surface area contributed by atoms with Crippen LogP contribution in [0.4, 0.5) is 13.2 Å². The lowest BCUT2D eigenvalue weighted by Crippen LogP contribution is -2.36. The van der Waals surface area contributed by atoms with Crippen molar-refractivity contribution in [1.82, 2.24) is 4.31 Å². The molecule has 108 valence electrons. The van der Waals surface area contributed by atoms with Crippen LogP contribution in [0.25, 0.3) is 0 Å². The lowest BCUT2D eigenvalue weighted by atomic mass is 10.2. The Kier molecular flexibility index (Phi) is 5.23. The number of rotatable bonds is 5. The average Bonchev–Trinajstić information content (AvgIpc) is 2.27. The van der Waals surface area contributed by atoms with Crippen molar-refractivity contribution in [2.24, 2.45) is 0 Å². The molecule has 8 heteroatoms. The number of nitrogens with zero attached hydrogens (tertiary/aromatic N) is 1. The van der Waals surface area contributed by atoms with Gasteiger partial charge in [-0.25, -0.2) is 8.42 Å². The first-order valence-corrected chi connectivity index (χ1v) is 7.43. The van der Waals surface area contributed by atoms with Crippen LogP contribution in [0.1, 0.15) is 11.1 Å². The Morgan fingerprint density at radius 1 is 1.16 bits per heavy atom. The molecule has 1 aromatic carbocycles.